The number of thioether (sulfide) groups is 1. The highest BCUT2D eigenvalue weighted by molar-refractivity contribution is 7.99. The summed E-state index contributed by atoms with van der Waals surface area (Å²) < 4.78 is 10.8. The molecule has 1 heterocycles. The van der Waals surface area contributed by atoms with E-state index in [0.29, 0.717) is 19.5 Å². The Labute approximate surface area is 130 Å². The molecule has 0 aliphatic carbocycles. The fourth-order valence-corrected chi connectivity index (χ4v) is 3.31. The van der Waals surface area contributed by atoms with Crippen LogP contribution in [0.3, 0.4) is 0 Å². The molecule has 2 unspecified atom stereocenters. The maximum absolute atomic E-state index is 12.2. The lowest BCUT2D eigenvalue weighted by Crippen LogP contribution is -2.48. The topological polar surface area (TPSA) is 38.8 Å². The highest BCUT2D eigenvalue weighted by atomic mass is 32.2. The maximum Gasteiger partial charge on any atom is 0.223 e. The fourth-order valence-electron chi connectivity index (χ4n) is 2.47. The Kier molecular flexibility index (Phi) is 5.94. The monoisotopic (exact) mass is 309 g/mol. The number of nitrogens with zero attached hydrogens (tertiary/aromatic N) is 1. The van der Waals surface area contributed by atoms with Gasteiger partial charge in [0.2, 0.25) is 5.91 Å². The van der Waals surface area contributed by atoms with Gasteiger partial charge in [-0.2, -0.15) is 0 Å². The van der Waals surface area contributed by atoms with Crippen molar-refractivity contribution >= 4 is 17.7 Å². The summed E-state index contributed by atoms with van der Waals surface area (Å²) in [7, 11) is 1.66. The van der Waals surface area contributed by atoms with Crippen molar-refractivity contribution < 1.29 is 14.3 Å². The summed E-state index contributed by atoms with van der Waals surface area (Å²) in [6.45, 7) is 5.44. The van der Waals surface area contributed by atoms with Crippen LogP contribution in [0.5, 0.6) is 5.75 Å². The third kappa shape index (κ3) is 4.93. The number of methoxy groups -OCH3 is 1. The van der Waals surface area contributed by atoms with Gasteiger partial charge in [0.05, 0.1) is 19.3 Å². The van der Waals surface area contributed by atoms with E-state index in [2.05, 4.69) is 0 Å². The van der Waals surface area contributed by atoms with E-state index in [1.54, 1.807) is 18.9 Å². The van der Waals surface area contributed by atoms with Crippen LogP contribution in [0.4, 0.5) is 0 Å². The molecule has 21 heavy (non-hydrogen) atoms. The van der Waals surface area contributed by atoms with Crippen molar-refractivity contribution in [2.75, 3.05) is 26.0 Å². The van der Waals surface area contributed by atoms with Gasteiger partial charge in [-0.1, -0.05) is 0 Å². The Morgan fingerprint density at radius 1 is 1.29 bits per heavy atom. The number of hydrogen-bond acceptors (Lipinski definition) is 4. The number of carbonyl (C=O) groups excluding carboxylic acids is 1. The molecule has 0 aromatic heterocycles. The molecule has 2 rings (SSSR count). The largest absolute Gasteiger partial charge is 0.497 e. The highest BCUT2D eigenvalue weighted by Crippen LogP contribution is 2.22. The summed E-state index contributed by atoms with van der Waals surface area (Å²) in [6.07, 6.45) is 0.828. The van der Waals surface area contributed by atoms with Gasteiger partial charge in [-0.15, -0.1) is 11.8 Å². The average Bonchev–Trinajstić information content (AvgIpc) is 2.47. The van der Waals surface area contributed by atoms with Gasteiger partial charge < -0.3 is 14.4 Å². The van der Waals surface area contributed by atoms with Gasteiger partial charge in [-0.05, 0) is 38.1 Å². The molecule has 5 heteroatoms. The van der Waals surface area contributed by atoms with Crippen LogP contribution in [0.2, 0.25) is 0 Å². The first kappa shape index (κ1) is 16.2. The lowest BCUT2D eigenvalue weighted by molar-refractivity contribution is -0.142. The van der Waals surface area contributed by atoms with Gasteiger partial charge in [0.1, 0.15) is 5.75 Å². The minimum atomic E-state index is 0.131. The van der Waals surface area contributed by atoms with Crippen molar-refractivity contribution in [1.29, 1.82) is 0 Å². The summed E-state index contributed by atoms with van der Waals surface area (Å²) in [4.78, 5) is 15.3. The molecule has 1 aromatic rings. The van der Waals surface area contributed by atoms with Crippen LogP contribution < -0.4 is 4.74 Å². The van der Waals surface area contributed by atoms with Gasteiger partial charge in [0, 0.05) is 30.2 Å². The van der Waals surface area contributed by atoms with E-state index in [9.17, 15) is 4.79 Å². The van der Waals surface area contributed by atoms with Gasteiger partial charge in [-0.25, -0.2) is 0 Å². The van der Waals surface area contributed by atoms with Crippen LogP contribution in [-0.4, -0.2) is 49.0 Å². The standard InChI is InChI=1S/C16H23NO3S/c1-12-10-17(11-13(2)20-12)16(18)8-9-21-15-6-4-14(19-3)5-7-15/h4-7,12-13H,8-11H2,1-3H3. The summed E-state index contributed by atoms with van der Waals surface area (Å²) in [5.41, 5.74) is 0. The first-order valence-electron chi connectivity index (χ1n) is 7.28. The molecule has 116 valence electrons. The lowest BCUT2D eigenvalue weighted by Gasteiger charge is -2.35. The van der Waals surface area contributed by atoms with E-state index >= 15 is 0 Å². The predicted molar refractivity (Wildman–Crippen MR) is 84.9 cm³/mol. The van der Waals surface area contributed by atoms with Crippen molar-refractivity contribution in [3.63, 3.8) is 0 Å². The lowest BCUT2D eigenvalue weighted by atomic mass is 10.2. The minimum absolute atomic E-state index is 0.131. The SMILES string of the molecule is COc1ccc(SCCC(=O)N2CC(C)OC(C)C2)cc1. The van der Waals surface area contributed by atoms with Gasteiger partial charge in [-0.3, -0.25) is 4.79 Å². The summed E-state index contributed by atoms with van der Waals surface area (Å²) >= 11 is 1.70. The van der Waals surface area contributed by atoms with E-state index < -0.39 is 0 Å². The van der Waals surface area contributed by atoms with E-state index in [-0.39, 0.29) is 18.1 Å². The smallest absolute Gasteiger partial charge is 0.223 e. The number of benzene rings is 1. The number of ether oxygens (including phenoxy) is 2. The third-order valence-corrected chi connectivity index (χ3v) is 4.43. The van der Waals surface area contributed by atoms with Crippen molar-refractivity contribution in [3.05, 3.63) is 24.3 Å². The van der Waals surface area contributed by atoms with E-state index in [1.165, 1.54) is 0 Å². The Morgan fingerprint density at radius 3 is 2.48 bits per heavy atom. The number of hydrogen-bond donors (Lipinski definition) is 0. The second-order valence-electron chi connectivity index (χ2n) is 5.33. The molecule has 0 saturated carbocycles. The highest BCUT2D eigenvalue weighted by Gasteiger charge is 2.25. The predicted octanol–water partition coefficient (Wildman–Crippen LogP) is 2.81. The summed E-state index contributed by atoms with van der Waals surface area (Å²) in [5, 5.41) is 0. The number of amides is 1. The molecule has 0 N–H and O–H groups in total. The van der Waals surface area contributed by atoms with E-state index in [4.69, 9.17) is 9.47 Å². The van der Waals surface area contributed by atoms with Crippen LogP contribution in [-0.2, 0) is 9.53 Å². The molecule has 0 spiro atoms. The molecule has 2 atom stereocenters. The van der Waals surface area contributed by atoms with Gasteiger partial charge in [0.25, 0.3) is 0 Å². The van der Waals surface area contributed by atoms with E-state index in [1.807, 2.05) is 43.0 Å². The van der Waals surface area contributed by atoms with E-state index in [0.717, 1.165) is 16.4 Å². The van der Waals surface area contributed by atoms with Crippen molar-refractivity contribution in [3.8, 4) is 5.75 Å². The van der Waals surface area contributed by atoms with Crippen molar-refractivity contribution in [2.24, 2.45) is 0 Å². The van der Waals surface area contributed by atoms with Crippen LogP contribution in [0.25, 0.3) is 0 Å². The second-order valence-corrected chi connectivity index (χ2v) is 6.50. The minimum Gasteiger partial charge on any atom is -0.497 e. The van der Waals surface area contributed by atoms with Gasteiger partial charge >= 0.3 is 0 Å². The molecule has 0 radical (unpaired) electrons. The zero-order valence-corrected chi connectivity index (χ0v) is 13.7. The van der Waals surface area contributed by atoms with Crippen LogP contribution in [0.1, 0.15) is 20.3 Å². The van der Waals surface area contributed by atoms with Gasteiger partial charge in [0.15, 0.2) is 0 Å². The van der Waals surface area contributed by atoms with Crippen LogP contribution in [0.15, 0.2) is 29.2 Å². The van der Waals surface area contributed by atoms with Crippen molar-refractivity contribution in [1.82, 2.24) is 4.90 Å². The molecule has 1 amide bonds. The molecule has 4 nitrogen and oxygen atoms in total. The summed E-state index contributed by atoms with van der Waals surface area (Å²) in [6, 6.07) is 7.92. The molecule has 1 aromatic carbocycles. The zero-order valence-electron chi connectivity index (χ0n) is 12.9. The molecule has 0 bridgehead atoms. The first-order valence-corrected chi connectivity index (χ1v) is 8.27. The summed E-state index contributed by atoms with van der Waals surface area (Å²) in [5.74, 6) is 1.87. The Balaban J connectivity index is 1.75. The Bertz CT molecular complexity index is 453. The number of carbonyl (C=O) groups is 1. The molecule has 1 saturated heterocycles. The normalized spacial score (nSPS) is 22.1. The zero-order chi connectivity index (χ0) is 15.2. The van der Waals surface area contributed by atoms with Crippen molar-refractivity contribution in [2.45, 2.75) is 37.4 Å². The fraction of sp³-hybridized carbons (Fsp3) is 0.562. The molecule has 1 fully saturated rings. The molecular formula is C16H23NO3S. The average molecular weight is 309 g/mol. The molecule has 1 aliphatic heterocycles. The number of morpholine rings is 1. The maximum atomic E-state index is 12.2. The third-order valence-electron chi connectivity index (χ3n) is 3.42. The Morgan fingerprint density at radius 2 is 1.90 bits per heavy atom. The Hall–Kier alpha value is -1.20. The second kappa shape index (κ2) is 7.71. The first-order chi connectivity index (χ1) is 10.1. The molecular weight excluding hydrogens is 286 g/mol. The number of rotatable bonds is 5. The molecule has 1 aliphatic rings. The van der Waals surface area contributed by atoms with Crippen LogP contribution >= 0.6 is 11.8 Å². The van der Waals surface area contributed by atoms with Crippen LogP contribution in [0, 0.1) is 0 Å². The quantitative estimate of drug-likeness (QED) is 0.784.